The van der Waals surface area contributed by atoms with Crippen molar-refractivity contribution >= 4 is 0 Å². The van der Waals surface area contributed by atoms with E-state index in [1.165, 1.54) is 12.1 Å². The lowest BCUT2D eigenvalue weighted by Gasteiger charge is -2.13. The quantitative estimate of drug-likeness (QED) is 0.430. The topological polar surface area (TPSA) is 58.9 Å². The number of ether oxygens (including phenoxy) is 2. The lowest BCUT2D eigenvalue weighted by molar-refractivity contribution is 0.459. The van der Waals surface area contributed by atoms with Gasteiger partial charge in [-0.05, 0) is 60.7 Å². The standard InChI is InChI=1S/C24H18O4/c25-23-13-11-19(27-17-7-3-1-4-8-17)15-21(23)22-16-20(12-14-24(22)26)28-18-9-5-2-6-10-18/h1-16,25-26H. The summed E-state index contributed by atoms with van der Waals surface area (Å²) in [6, 6.07) is 28.5. The van der Waals surface area contributed by atoms with E-state index in [1.807, 2.05) is 60.7 Å². The summed E-state index contributed by atoms with van der Waals surface area (Å²) >= 11 is 0. The molecule has 0 atom stereocenters. The Balaban J connectivity index is 1.68. The molecule has 0 bridgehead atoms. The van der Waals surface area contributed by atoms with E-state index in [4.69, 9.17) is 9.47 Å². The van der Waals surface area contributed by atoms with E-state index in [0.717, 1.165) is 0 Å². The Morgan fingerprint density at radius 2 is 0.821 bits per heavy atom. The molecule has 0 unspecified atom stereocenters. The summed E-state index contributed by atoms with van der Waals surface area (Å²) in [4.78, 5) is 0. The van der Waals surface area contributed by atoms with Gasteiger partial charge in [-0.2, -0.15) is 0 Å². The molecule has 0 aliphatic carbocycles. The molecular formula is C24H18O4. The van der Waals surface area contributed by atoms with Crippen molar-refractivity contribution in [2.45, 2.75) is 0 Å². The smallest absolute Gasteiger partial charge is 0.128 e. The zero-order valence-corrected chi connectivity index (χ0v) is 14.9. The van der Waals surface area contributed by atoms with Gasteiger partial charge < -0.3 is 19.7 Å². The molecule has 138 valence electrons. The van der Waals surface area contributed by atoms with E-state index in [2.05, 4.69) is 0 Å². The molecule has 0 aliphatic rings. The Hall–Kier alpha value is -3.92. The minimum absolute atomic E-state index is 0.0348. The number of para-hydroxylation sites is 2. The summed E-state index contributed by atoms with van der Waals surface area (Å²) in [6.45, 7) is 0. The van der Waals surface area contributed by atoms with Crippen LogP contribution in [0.3, 0.4) is 0 Å². The first kappa shape index (κ1) is 17.5. The fourth-order valence-electron chi connectivity index (χ4n) is 2.84. The van der Waals surface area contributed by atoms with Crippen LogP contribution in [0.1, 0.15) is 0 Å². The number of benzene rings is 4. The third-order valence-electron chi connectivity index (χ3n) is 4.18. The number of hydrogen-bond donors (Lipinski definition) is 2. The first-order valence-corrected chi connectivity index (χ1v) is 8.81. The van der Waals surface area contributed by atoms with Gasteiger partial charge in [0.1, 0.15) is 34.5 Å². The number of hydrogen-bond acceptors (Lipinski definition) is 4. The second-order valence-corrected chi connectivity index (χ2v) is 6.19. The molecule has 0 saturated heterocycles. The lowest BCUT2D eigenvalue weighted by atomic mass is 10.0. The molecule has 0 aliphatic heterocycles. The van der Waals surface area contributed by atoms with Gasteiger partial charge in [-0.25, -0.2) is 0 Å². The molecule has 0 fully saturated rings. The van der Waals surface area contributed by atoms with E-state index in [1.54, 1.807) is 24.3 Å². The Bertz CT molecular complexity index is 987. The van der Waals surface area contributed by atoms with Gasteiger partial charge in [-0.3, -0.25) is 0 Å². The number of phenols is 2. The van der Waals surface area contributed by atoms with Gasteiger partial charge in [0, 0.05) is 11.1 Å². The highest BCUT2D eigenvalue weighted by Gasteiger charge is 2.13. The van der Waals surface area contributed by atoms with Crippen molar-refractivity contribution in [1.29, 1.82) is 0 Å². The minimum atomic E-state index is 0.0348. The van der Waals surface area contributed by atoms with Crippen LogP contribution in [-0.2, 0) is 0 Å². The Labute approximate surface area is 162 Å². The summed E-state index contributed by atoms with van der Waals surface area (Å²) in [5.74, 6) is 2.54. The van der Waals surface area contributed by atoms with Gasteiger partial charge in [0.25, 0.3) is 0 Å². The Morgan fingerprint density at radius 3 is 1.21 bits per heavy atom. The molecule has 2 N–H and O–H groups in total. The maximum atomic E-state index is 10.4. The van der Waals surface area contributed by atoms with Gasteiger partial charge in [-0.15, -0.1) is 0 Å². The number of phenolic OH excluding ortho intramolecular Hbond substituents is 2. The van der Waals surface area contributed by atoms with E-state index in [-0.39, 0.29) is 11.5 Å². The average molecular weight is 370 g/mol. The molecule has 4 rings (SSSR count). The first-order valence-electron chi connectivity index (χ1n) is 8.81. The predicted octanol–water partition coefficient (Wildman–Crippen LogP) is 6.35. The van der Waals surface area contributed by atoms with Crippen LogP contribution in [0.15, 0.2) is 97.1 Å². The van der Waals surface area contributed by atoms with Crippen molar-refractivity contribution in [2.24, 2.45) is 0 Å². The van der Waals surface area contributed by atoms with Crippen LogP contribution < -0.4 is 9.47 Å². The second kappa shape index (κ2) is 7.76. The highest BCUT2D eigenvalue weighted by atomic mass is 16.5. The molecule has 4 aromatic carbocycles. The van der Waals surface area contributed by atoms with Crippen LogP contribution in [0.4, 0.5) is 0 Å². The van der Waals surface area contributed by atoms with Crippen molar-refractivity contribution in [1.82, 2.24) is 0 Å². The molecule has 0 radical (unpaired) electrons. The molecule has 0 spiro atoms. The minimum Gasteiger partial charge on any atom is -0.507 e. The highest BCUT2D eigenvalue weighted by Crippen LogP contribution is 2.40. The fraction of sp³-hybridized carbons (Fsp3) is 0. The van der Waals surface area contributed by atoms with Gasteiger partial charge in [-0.1, -0.05) is 36.4 Å². The zero-order chi connectivity index (χ0) is 19.3. The van der Waals surface area contributed by atoms with Crippen LogP contribution in [0.25, 0.3) is 11.1 Å². The first-order chi connectivity index (χ1) is 13.7. The third-order valence-corrected chi connectivity index (χ3v) is 4.18. The molecule has 0 aromatic heterocycles. The fourth-order valence-corrected chi connectivity index (χ4v) is 2.84. The van der Waals surface area contributed by atoms with Gasteiger partial charge in [0.15, 0.2) is 0 Å². The molecule has 28 heavy (non-hydrogen) atoms. The van der Waals surface area contributed by atoms with Crippen molar-refractivity contribution in [2.75, 3.05) is 0 Å². The maximum absolute atomic E-state index is 10.4. The monoisotopic (exact) mass is 370 g/mol. The second-order valence-electron chi connectivity index (χ2n) is 6.19. The van der Waals surface area contributed by atoms with Crippen LogP contribution in [0.5, 0.6) is 34.5 Å². The van der Waals surface area contributed by atoms with E-state index in [9.17, 15) is 10.2 Å². The summed E-state index contributed by atoms with van der Waals surface area (Å²) in [5, 5.41) is 20.7. The normalized spacial score (nSPS) is 10.4. The van der Waals surface area contributed by atoms with Gasteiger partial charge in [0.2, 0.25) is 0 Å². The molecule has 4 nitrogen and oxygen atoms in total. The molecule has 0 saturated carbocycles. The SMILES string of the molecule is Oc1ccc(Oc2ccccc2)cc1-c1cc(Oc2ccccc2)ccc1O. The van der Waals surface area contributed by atoms with Crippen molar-refractivity contribution in [3.8, 4) is 45.6 Å². The Kier molecular flexibility index (Phi) is 4.85. The highest BCUT2D eigenvalue weighted by molar-refractivity contribution is 5.77. The van der Waals surface area contributed by atoms with Crippen molar-refractivity contribution in [3.63, 3.8) is 0 Å². The van der Waals surface area contributed by atoms with Crippen molar-refractivity contribution in [3.05, 3.63) is 97.1 Å². The zero-order valence-electron chi connectivity index (χ0n) is 14.9. The van der Waals surface area contributed by atoms with Crippen LogP contribution in [0.2, 0.25) is 0 Å². The number of aromatic hydroxyl groups is 2. The molecule has 0 amide bonds. The largest absolute Gasteiger partial charge is 0.507 e. The third kappa shape index (κ3) is 3.91. The van der Waals surface area contributed by atoms with E-state index < -0.39 is 0 Å². The molecule has 0 heterocycles. The summed E-state index contributed by atoms with van der Waals surface area (Å²) < 4.78 is 11.7. The Morgan fingerprint density at radius 1 is 0.429 bits per heavy atom. The molecule has 4 heteroatoms. The van der Waals surface area contributed by atoms with E-state index in [0.29, 0.717) is 34.1 Å². The van der Waals surface area contributed by atoms with Crippen molar-refractivity contribution < 1.29 is 19.7 Å². The summed E-state index contributed by atoms with van der Waals surface area (Å²) in [5.41, 5.74) is 0.897. The number of rotatable bonds is 5. The molecule has 4 aromatic rings. The maximum Gasteiger partial charge on any atom is 0.128 e. The van der Waals surface area contributed by atoms with E-state index >= 15 is 0 Å². The van der Waals surface area contributed by atoms with Gasteiger partial charge in [0.05, 0.1) is 0 Å². The van der Waals surface area contributed by atoms with Gasteiger partial charge >= 0.3 is 0 Å². The van der Waals surface area contributed by atoms with Crippen LogP contribution >= 0.6 is 0 Å². The lowest BCUT2D eigenvalue weighted by Crippen LogP contribution is -1.88. The van der Waals surface area contributed by atoms with Crippen LogP contribution in [0, 0.1) is 0 Å². The average Bonchev–Trinajstić information content (AvgIpc) is 2.73. The molecular weight excluding hydrogens is 352 g/mol. The summed E-state index contributed by atoms with van der Waals surface area (Å²) in [7, 11) is 0. The summed E-state index contributed by atoms with van der Waals surface area (Å²) in [6.07, 6.45) is 0. The van der Waals surface area contributed by atoms with Crippen LogP contribution in [-0.4, -0.2) is 10.2 Å². The predicted molar refractivity (Wildman–Crippen MR) is 108 cm³/mol.